The number of aromatic amines is 1. The smallest absolute Gasteiger partial charge is 0.323 e. The summed E-state index contributed by atoms with van der Waals surface area (Å²) >= 11 is 0. The van der Waals surface area contributed by atoms with Crippen molar-refractivity contribution in [2.24, 2.45) is 5.73 Å². The number of hydrogen-bond donors (Lipinski definition) is 2. The minimum absolute atomic E-state index is 0.0635. The standard InChI is InChI=1S/C10H10FN3O/c1-5(12)8-6-3-2-4-7(11)9(6)14-10(15)13-8/h2-5H,12H2,1H3,(H,13,14,15). The highest BCUT2D eigenvalue weighted by Gasteiger charge is 2.10. The van der Waals surface area contributed by atoms with E-state index < -0.39 is 11.5 Å². The maximum absolute atomic E-state index is 13.4. The predicted molar refractivity (Wildman–Crippen MR) is 54.9 cm³/mol. The van der Waals surface area contributed by atoms with Crippen LogP contribution in [-0.2, 0) is 0 Å². The molecule has 1 unspecified atom stereocenters. The molecule has 0 saturated heterocycles. The van der Waals surface area contributed by atoms with Crippen LogP contribution in [0, 0.1) is 5.82 Å². The van der Waals surface area contributed by atoms with Crippen molar-refractivity contribution < 1.29 is 4.39 Å². The highest BCUT2D eigenvalue weighted by molar-refractivity contribution is 5.81. The summed E-state index contributed by atoms with van der Waals surface area (Å²) < 4.78 is 13.4. The molecule has 1 aromatic heterocycles. The van der Waals surface area contributed by atoms with Crippen molar-refractivity contribution >= 4 is 10.9 Å². The van der Waals surface area contributed by atoms with E-state index in [1.54, 1.807) is 19.1 Å². The van der Waals surface area contributed by atoms with Crippen LogP contribution >= 0.6 is 0 Å². The maximum atomic E-state index is 13.4. The molecule has 5 heteroatoms. The van der Waals surface area contributed by atoms with Crippen molar-refractivity contribution in [2.75, 3.05) is 0 Å². The first-order valence-electron chi connectivity index (χ1n) is 4.53. The first kappa shape index (κ1) is 9.79. The molecule has 1 atom stereocenters. The Hall–Kier alpha value is -1.75. The van der Waals surface area contributed by atoms with E-state index in [0.29, 0.717) is 11.1 Å². The van der Waals surface area contributed by atoms with Gasteiger partial charge in [0, 0.05) is 17.1 Å². The molecule has 2 aromatic rings. The fraction of sp³-hybridized carbons (Fsp3) is 0.200. The van der Waals surface area contributed by atoms with E-state index in [1.165, 1.54) is 6.07 Å². The van der Waals surface area contributed by atoms with Crippen LogP contribution in [0.3, 0.4) is 0 Å². The van der Waals surface area contributed by atoms with Gasteiger partial charge in [0.25, 0.3) is 0 Å². The molecule has 0 fully saturated rings. The summed E-state index contributed by atoms with van der Waals surface area (Å²) in [5, 5.41) is 0.546. The first-order chi connectivity index (χ1) is 7.09. The number of fused-ring (bicyclic) bond motifs is 1. The number of H-pyrrole nitrogens is 1. The lowest BCUT2D eigenvalue weighted by Gasteiger charge is -2.08. The molecular weight excluding hydrogens is 197 g/mol. The molecule has 78 valence electrons. The number of nitrogens with one attached hydrogen (secondary N) is 1. The minimum Gasteiger partial charge on any atom is -0.323 e. The second-order valence-corrected chi connectivity index (χ2v) is 3.38. The average Bonchev–Trinajstić information content (AvgIpc) is 2.18. The third kappa shape index (κ3) is 1.61. The van der Waals surface area contributed by atoms with Crippen LogP contribution in [0.2, 0.25) is 0 Å². The zero-order chi connectivity index (χ0) is 11.0. The van der Waals surface area contributed by atoms with Crippen molar-refractivity contribution in [1.29, 1.82) is 0 Å². The molecule has 0 aliphatic carbocycles. The molecule has 0 aliphatic rings. The number of nitrogens with two attached hydrogens (primary N) is 1. The highest BCUT2D eigenvalue weighted by atomic mass is 19.1. The molecule has 0 bridgehead atoms. The lowest BCUT2D eigenvalue weighted by atomic mass is 10.1. The molecule has 0 spiro atoms. The third-order valence-corrected chi connectivity index (χ3v) is 2.19. The molecule has 0 aliphatic heterocycles. The molecular formula is C10H10FN3O. The second-order valence-electron chi connectivity index (χ2n) is 3.38. The largest absolute Gasteiger partial charge is 0.345 e. The second kappa shape index (κ2) is 3.43. The Bertz CT molecular complexity index is 562. The maximum Gasteiger partial charge on any atom is 0.345 e. The Balaban J connectivity index is 2.93. The van der Waals surface area contributed by atoms with E-state index in [-0.39, 0.29) is 11.6 Å². The summed E-state index contributed by atoms with van der Waals surface area (Å²) in [5.74, 6) is -0.513. The number of para-hydroxylation sites is 1. The SMILES string of the molecule is CC(N)c1[nH]c(=O)nc2c(F)cccc12. The van der Waals surface area contributed by atoms with Crippen molar-refractivity contribution in [1.82, 2.24) is 9.97 Å². The number of rotatable bonds is 1. The van der Waals surface area contributed by atoms with Gasteiger partial charge in [-0.15, -0.1) is 0 Å². The van der Waals surface area contributed by atoms with E-state index in [1.807, 2.05) is 0 Å². The monoisotopic (exact) mass is 207 g/mol. The molecule has 0 saturated carbocycles. The van der Waals surface area contributed by atoms with Crippen LogP contribution in [-0.4, -0.2) is 9.97 Å². The van der Waals surface area contributed by atoms with Gasteiger partial charge in [-0.25, -0.2) is 9.18 Å². The van der Waals surface area contributed by atoms with Crippen LogP contribution in [0.25, 0.3) is 10.9 Å². The summed E-state index contributed by atoms with van der Waals surface area (Å²) in [5.41, 5.74) is 5.66. The zero-order valence-electron chi connectivity index (χ0n) is 8.12. The van der Waals surface area contributed by atoms with E-state index in [0.717, 1.165) is 0 Å². The van der Waals surface area contributed by atoms with E-state index in [2.05, 4.69) is 9.97 Å². The average molecular weight is 207 g/mol. The Morgan fingerprint density at radius 3 is 2.93 bits per heavy atom. The molecule has 0 amide bonds. The number of aromatic nitrogens is 2. The number of nitrogens with zero attached hydrogens (tertiary/aromatic N) is 1. The quantitative estimate of drug-likeness (QED) is 0.735. The Labute approximate surface area is 84.9 Å². The molecule has 0 radical (unpaired) electrons. The summed E-state index contributed by atoms with van der Waals surface area (Å²) in [6, 6.07) is 4.13. The van der Waals surface area contributed by atoms with Crippen LogP contribution in [0.15, 0.2) is 23.0 Å². The highest BCUT2D eigenvalue weighted by Crippen LogP contribution is 2.19. The lowest BCUT2D eigenvalue weighted by molar-refractivity contribution is 0.635. The zero-order valence-corrected chi connectivity index (χ0v) is 8.12. The van der Waals surface area contributed by atoms with E-state index in [9.17, 15) is 9.18 Å². The van der Waals surface area contributed by atoms with Crippen molar-refractivity contribution in [2.45, 2.75) is 13.0 Å². The topological polar surface area (TPSA) is 71.8 Å². The molecule has 4 nitrogen and oxygen atoms in total. The summed E-state index contributed by atoms with van der Waals surface area (Å²) in [4.78, 5) is 17.3. The van der Waals surface area contributed by atoms with Gasteiger partial charge in [-0.3, -0.25) is 0 Å². The van der Waals surface area contributed by atoms with E-state index in [4.69, 9.17) is 5.73 Å². The van der Waals surface area contributed by atoms with Gasteiger partial charge in [-0.2, -0.15) is 4.98 Å². The Kier molecular flexibility index (Phi) is 2.24. The van der Waals surface area contributed by atoms with Crippen LogP contribution in [0.1, 0.15) is 18.7 Å². The van der Waals surface area contributed by atoms with Crippen molar-refractivity contribution in [3.63, 3.8) is 0 Å². The predicted octanol–water partition coefficient (Wildman–Crippen LogP) is 1.08. The fourth-order valence-electron chi connectivity index (χ4n) is 1.52. The number of benzene rings is 1. The number of halogens is 1. The molecule has 15 heavy (non-hydrogen) atoms. The van der Waals surface area contributed by atoms with Gasteiger partial charge in [-0.05, 0) is 13.0 Å². The summed E-state index contributed by atoms with van der Waals surface area (Å²) in [6.07, 6.45) is 0. The molecule has 3 N–H and O–H groups in total. The molecule has 1 heterocycles. The van der Waals surface area contributed by atoms with Gasteiger partial charge >= 0.3 is 5.69 Å². The summed E-state index contributed by atoms with van der Waals surface area (Å²) in [6.45, 7) is 1.72. The van der Waals surface area contributed by atoms with Gasteiger partial charge in [0.05, 0.1) is 0 Å². The number of hydrogen-bond acceptors (Lipinski definition) is 3. The van der Waals surface area contributed by atoms with Gasteiger partial charge in [0.15, 0.2) is 0 Å². The van der Waals surface area contributed by atoms with Crippen molar-refractivity contribution in [3.05, 3.63) is 40.2 Å². The molecule has 2 rings (SSSR count). The van der Waals surface area contributed by atoms with Gasteiger partial charge in [-0.1, -0.05) is 12.1 Å². The van der Waals surface area contributed by atoms with Crippen LogP contribution < -0.4 is 11.4 Å². The van der Waals surface area contributed by atoms with Gasteiger partial charge in [0.2, 0.25) is 0 Å². The van der Waals surface area contributed by atoms with E-state index >= 15 is 0 Å². The lowest BCUT2D eigenvalue weighted by Crippen LogP contribution is -2.18. The van der Waals surface area contributed by atoms with Gasteiger partial charge in [0.1, 0.15) is 11.3 Å². The van der Waals surface area contributed by atoms with Crippen LogP contribution in [0.4, 0.5) is 4.39 Å². The first-order valence-corrected chi connectivity index (χ1v) is 4.53. The minimum atomic E-state index is -0.583. The van der Waals surface area contributed by atoms with Crippen molar-refractivity contribution in [3.8, 4) is 0 Å². The fourth-order valence-corrected chi connectivity index (χ4v) is 1.52. The Morgan fingerprint density at radius 1 is 1.53 bits per heavy atom. The van der Waals surface area contributed by atoms with Crippen LogP contribution in [0.5, 0.6) is 0 Å². The van der Waals surface area contributed by atoms with Gasteiger partial charge < -0.3 is 10.7 Å². The summed E-state index contributed by atoms with van der Waals surface area (Å²) in [7, 11) is 0. The third-order valence-electron chi connectivity index (χ3n) is 2.19. The normalized spacial score (nSPS) is 13.0. The Morgan fingerprint density at radius 2 is 2.27 bits per heavy atom. The molecule has 1 aromatic carbocycles.